The molecule has 0 amide bonds. The molecule has 0 atom stereocenters. The van der Waals surface area contributed by atoms with Gasteiger partial charge in [0.1, 0.15) is 21.1 Å². The van der Waals surface area contributed by atoms with Crippen molar-refractivity contribution in [1.82, 2.24) is 15.0 Å². The summed E-state index contributed by atoms with van der Waals surface area (Å²) in [5.41, 5.74) is 26.5. The maximum absolute atomic E-state index is 9.09. The zero-order valence-electron chi connectivity index (χ0n) is 61.0. The van der Waals surface area contributed by atoms with Gasteiger partial charge in [0.25, 0.3) is 0 Å². The fourth-order valence-electron chi connectivity index (χ4n) is 12.6. The second kappa shape index (κ2) is 20.7. The Morgan fingerprint density at radius 3 is 1.62 bits per heavy atom. The number of rotatable bonds is 5. The molecule has 1 fully saturated rings. The highest BCUT2D eigenvalue weighted by Gasteiger charge is 2.32. The van der Waals surface area contributed by atoms with Gasteiger partial charge in [-0.15, -0.1) is 0 Å². The Balaban J connectivity index is 0.000000143. The molecule has 78 heavy (non-hydrogen) atoms. The molecule has 6 heterocycles. The third-order valence-corrected chi connectivity index (χ3v) is 16.6. The average Bonchev–Trinajstić information content (AvgIpc) is 1.54. The van der Waals surface area contributed by atoms with Gasteiger partial charge in [0.2, 0.25) is 17.1 Å². The summed E-state index contributed by atoms with van der Waals surface area (Å²) in [7, 11) is 5.91. The van der Waals surface area contributed by atoms with Gasteiger partial charge in [-0.3, -0.25) is 15.0 Å². The van der Waals surface area contributed by atoms with E-state index in [0.717, 1.165) is 131 Å². The second-order valence-corrected chi connectivity index (χ2v) is 22.3. The first kappa shape index (κ1) is 38.2. The van der Waals surface area contributed by atoms with Crippen molar-refractivity contribution in [3.05, 3.63) is 211 Å². The van der Waals surface area contributed by atoms with Crippen LogP contribution in [0.25, 0.3) is 67.2 Å². The van der Waals surface area contributed by atoms with Crippen LogP contribution in [-0.4, -0.2) is 15.0 Å². The molecule has 4 aliphatic carbocycles. The molecule has 6 aromatic heterocycles. The van der Waals surface area contributed by atoms with Crippen molar-refractivity contribution < 1.29 is 32.9 Å². The van der Waals surface area contributed by atoms with Crippen LogP contribution in [0.2, 0.25) is 0 Å². The van der Waals surface area contributed by atoms with Gasteiger partial charge in [-0.25, -0.2) is 13.7 Å². The Morgan fingerprint density at radius 2 is 1.03 bits per heavy atom. The van der Waals surface area contributed by atoms with E-state index in [4.69, 9.17) is 29.2 Å². The van der Waals surface area contributed by atoms with Gasteiger partial charge in [-0.2, -0.15) is 0 Å². The molecule has 4 aliphatic rings. The lowest BCUT2D eigenvalue weighted by Crippen LogP contribution is -2.32. The van der Waals surface area contributed by atoms with Crippen LogP contribution >= 0.6 is 0 Å². The smallest absolute Gasteiger partial charge is 0.213 e. The van der Waals surface area contributed by atoms with Crippen molar-refractivity contribution in [3.63, 3.8) is 0 Å². The van der Waals surface area contributed by atoms with E-state index in [1.54, 1.807) is 24.4 Å². The van der Waals surface area contributed by atoms with E-state index < -0.39 is 39.2 Å². The Kier molecular flexibility index (Phi) is 10.2. The van der Waals surface area contributed by atoms with Gasteiger partial charge >= 0.3 is 0 Å². The number of hydrogen-bond acceptors (Lipinski definition) is 3. The summed E-state index contributed by atoms with van der Waals surface area (Å²) in [5, 5.41) is 0. The Bertz CT molecular complexity index is 4480. The molecule has 0 N–H and O–H groups in total. The van der Waals surface area contributed by atoms with Gasteiger partial charge in [0.15, 0.2) is 18.6 Å². The normalized spacial score (nSPS) is 17.4. The van der Waals surface area contributed by atoms with E-state index in [-0.39, 0.29) is 11.3 Å². The molecule has 394 valence electrons. The molecule has 0 aliphatic heterocycles. The average molecular weight is 1040 g/mol. The van der Waals surface area contributed by atoms with Crippen LogP contribution in [0.3, 0.4) is 0 Å². The number of aromatic nitrogens is 6. The van der Waals surface area contributed by atoms with Crippen LogP contribution < -0.4 is 13.7 Å². The molecule has 3 aromatic carbocycles. The molecule has 6 nitrogen and oxygen atoms in total. The number of fused-ring (bicyclic) bond motifs is 9. The topological polar surface area (TPSA) is 50.3 Å². The van der Waals surface area contributed by atoms with Crippen LogP contribution in [0, 0.1) is 68.9 Å². The summed E-state index contributed by atoms with van der Waals surface area (Å²) >= 11 is 0. The highest BCUT2D eigenvalue weighted by atomic mass is 14.9. The van der Waals surface area contributed by atoms with Crippen molar-refractivity contribution in [2.24, 2.45) is 21.1 Å². The molecule has 0 radical (unpaired) electrons. The fraction of sp³-hybridized carbons (Fsp3) is 0.333. The molecule has 0 bridgehead atoms. The zero-order valence-corrected chi connectivity index (χ0v) is 47.0. The molecule has 0 unspecified atom stereocenters. The first-order valence-corrected chi connectivity index (χ1v) is 27.3. The minimum atomic E-state index is -2.29. The number of aryl methyl sites for hydroxylation is 12. The van der Waals surface area contributed by atoms with Gasteiger partial charge in [0.05, 0.1) is 28.2 Å². The summed E-state index contributed by atoms with van der Waals surface area (Å²) in [6, 6.07) is 29.4. The number of pyridine rings is 6. The number of benzene rings is 3. The maximum atomic E-state index is 9.09. The van der Waals surface area contributed by atoms with Crippen molar-refractivity contribution in [2.75, 3.05) is 0 Å². The van der Waals surface area contributed by atoms with Crippen molar-refractivity contribution in [1.29, 1.82) is 0 Å². The number of hydrogen-bond donors (Lipinski definition) is 0. The van der Waals surface area contributed by atoms with Crippen LogP contribution in [0.5, 0.6) is 0 Å². The SMILES string of the molecule is [2H]C([2H])([2H])c1cc(C)nc2c1-c1ccc(C)c(-c3cc(C([2H])(C)C)cc[n+]3C)c1C2.[2H]C([2H])([2H])c1cc(C)nc2c1-c1ccc(C)c(-c3cc(C)cc[n+]3C)c1C2.[2H]C([2H])([2H])c1ccc2c(n1)Cc1c-2ccc(-c2cc(C3([2H])CCCC3)c(C([2H])([2H])[2H])c[n+]2C)c1C. The molecule has 1 saturated carbocycles. The molecule has 0 saturated heterocycles. The van der Waals surface area contributed by atoms with Gasteiger partial charge in [-0.05, 0) is 196 Å². The summed E-state index contributed by atoms with van der Waals surface area (Å²) < 4.78 is 119. The van der Waals surface area contributed by atoms with Crippen LogP contribution in [0.15, 0.2) is 110 Å². The molecular weight excluding hydrogens is 949 g/mol. The first-order valence-electron chi connectivity index (χ1n) is 34.3. The maximum Gasteiger partial charge on any atom is 0.213 e. The third-order valence-electron chi connectivity index (χ3n) is 16.6. The molecule has 0 spiro atoms. The summed E-state index contributed by atoms with van der Waals surface area (Å²) in [6.45, 7) is 6.96. The predicted octanol–water partition coefficient (Wildman–Crippen LogP) is 15.3. The van der Waals surface area contributed by atoms with Crippen molar-refractivity contribution in [3.8, 4) is 67.2 Å². The van der Waals surface area contributed by atoms with E-state index in [1.807, 2.05) is 103 Å². The molecular formula is C72H79N6+3. The lowest BCUT2D eigenvalue weighted by molar-refractivity contribution is -0.660. The van der Waals surface area contributed by atoms with E-state index >= 15 is 0 Å². The van der Waals surface area contributed by atoms with Crippen LogP contribution in [0.4, 0.5) is 0 Å². The number of nitrogens with zero attached hydrogens (tertiary/aromatic N) is 6. The fourth-order valence-corrected chi connectivity index (χ4v) is 12.6. The summed E-state index contributed by atoms with van der Waals surface area (Å²) in [5.74, 6) is -1.59. The van der Waals surface area contributed by atoms with Crippen molar-refractivity contribution in [2.45, 2.75) is 140 Å². The lowest BCUT2D eigenvalue weighted by Gasteiger charge is -2.15. The Hall–Kier alpha value is -7.44. The monoisotopic (exact) mass is 1040 g/mol. The highest BCUT2D eigenvalue weighted by Crippen LogP contribution is 2.46. The van der Waals surface area contributed by atoms with Crippen LogP contribution in [-0.2, 0) is 40.4 Å². The van der Waals surface area contributed by atoms with Crippen molar-refractivity contribution >= 4 is 0 Å². The quantitative estimate of drug-likeness (QED) is 0.161. The Morgan fingerprint density at radius 1 is 0.487 bits per heavy atom. The highest BCUT2D eigenvalue weighted by molar-refractivity contribution is 5.87. The largest absolute Gasteiger partial charge is 0.257 e. The van der Waals surface area contributed by atoms with E-state index in [9.17, 15) is 0 Å². The predicted molar refractivity (Wildman–Crippen MR) is 320 cm³/mol. The molecule has 6 heteroatoms. The van der Waals surface area contributed by atoms with Gasteiger partial charge < -0.3 is 0 Å². The Labute approximate surface area is 484 Å². The van der Waals surface area contributed by atoms with Crippen LogP contribution in [0.1, 0.15) is 171 Å². The molecule has 13 rings (SSSR count). The first-order chi connectivity index (χ1) is 42.8. The van der Waals surface area contributed by atoms with Gasteiger partial charge in [0, 0.05) is 114 Å². The van der Waals surface area contributed by atoms with E-state index in [0.29, 0.717) is 48.8 Å². The lowest BCUT2D eigenvalue weighted by atomic mass is 9.90. The molecule has 9 aromatic rings. The zero-order chi connectivity index (χ0) is 66.9. The minimum Gasteiger partial charge on any atom is -0.257 e. The standard InChI is InChI=1S/C26H29N2.C24H27N2.C22H23N2/c1-16-15-28(4)26(14-23(16)19-7-5-6-8-19)20-11-12-21-22-10-9-17(2)27-25(22)13-24(21)18(20)3;1-14(2)18-9-10-26(6)22(12-18)24-15(3)7-8-19-20(24)13-21-23(19)16(4)11-17(5)25-21;1-13-8-9-24(5)20(10-13)22-14(2)6-7-17-18(22)12-19-21(17)15(3)11-16(4)23-19/h9-12,14-15,19H,5-8,13H2,1-4H3;7-12,14H,13H2,1-6H3;6-11H,12H2,1-5H3/q3*+1/i1D3,2D3,19D;4D3,14D;3D3. The van der Waals surface area contributed by atoms with E-state index in [1.165, 1.54) is 22.3 Å². The summed E-state index contributed by atoms with van der Waals surface area (Å²) in [4.78, 5) is 13.8. The summed E-state index contributed by atoms with van der Waals surface area (Å²) in [6.07, 6.45) is 10.8. The minimum absolute atomic E-state index is 0.107. The second-order valence-electron chi connectivity index (χ2n) is 22.3. The van der Waals surface area contributed by atoms with Gasteiger partial charge in [-0.1, -0.05) is 63.1 Å². The third kappa shape index (κ3) is 9.49. The van der Waals surface area contributed by atoms with E-state index in [2.05, 4.69) is 77.5 Å².